The Labute approximate surface area is 138 Å². The predicted octanol–water partition coefficient (Wildman–Crippen LogP) is 4.15. The molecule has 0 bridgehead atoms. The molecule has 130 valence electrons. The Balaban J connectivity index is 2.34. The highest BCUT2D eigenvalue weighted by molar-refractivity contribution is 5.72. The summed E-state index contributed by atoms with van der Waals surface area (Å²) in [5, 5.41) is 21.1. The van der Waals surface area contributed by atoms with Crippen molar-refractivity contribution in [1.82, 2.24) is 0 Å². The van der Waals surface area contributed by atoms with Gasteiger partial charge in [0.15, 0.2) is 0 Å². The number of carboxylic acids is 1. The van der Waals surface area contributed by atoms with E-state index in [2.05, 4.69) is 13.0 Å². The summed E-state index contributed by atoms with van der Waals surface area (Å²) in [6, 6.07) is 0. The first-order valence-electron chi connectivity index (χ1n) is 8.66. The van der Waals surface area contributed by atoms with Gasteiger partial charge in [-0.05, 0) is 42.9 Å². The van der Waals surface area contributed by atoms with E-state index in [9.17, 15) is 20.0 Å². The summed E-state index contributed by atoms with van der Waals surface area (Å²) in [7, 11) is 0. The summed E-state index contributed by atoms with van der Waals surface area (Å²) >= 11 is 0. The molecule has 1 N–H and O–H groups in total. The van der Waals surface area contributed by atoms with Crippen LogP contribution in [0.5, 0.6) is 0 Å². The lowest BCUT2D eigenvalue weighted by atomic mass is 9.46. The second-order valence-electron chi connectivity index (χ2n) is 8.48. The van der Waals surface area contributed by atoms with Crippen molar-refractivity contribution in [2.75, 3.05) is 6.54 Å². The fraction of sp³-hybridized carbons (Fsp3) is 0.833. The number of hydrogen-bond donors (Lipinski definition) is 1. The van der Waals surface area contributed by atoms with E-state index >= 15 is 0 Å². The van der Waals surface area contributed by atoms with Gasteiger partial charge in [0.25, 0.3) is 0 Å². The summed E-state index contributed by atoms with van der Waals surface area (Å²) in [5.74, 6) is -1.12. The molecular weight excluding hydrogens is 294 g/mol. The number of unbranched alkanes of at least 4 members (excludes halogenated alkanes) is 1. The SMILES string of the molecule is CCCCC1=C[C@H]2[C@@H](C1)C[C@]2(C[N+](=O)[O-])C(C(=O)O)C(C)(C)C. The first-order valence-corrected chi connectivity index (χ1v) is 8.66. The standard InChI is InChI=1S/C18H29NO4/c1-5-6-7-12-8-13-10-18(11-19(22)23,14(13)9-12)15(16(20)21)17(2,3)4/h9,13-15H,5-8,10-11H2,1-4H3,(H,20,21)/t13-,14-,15?,18+/m0/s1. The molecule has 0 aliphatic heterocycles. The Morgan fingerprint density at radius 1 is 1.52 bits per heavy atom. The van der Waals surface area contributed by atoms with Crippen LogP contribution in [0.15, 0.2) is 11.6 Å². The number of fused-ring (bicyclic) bond motifs is 1. The maximum atomic E-state index is 12.0. The average molecular weight is 323 g/mol. The molecule has 2 aliphatic carbocycles. The summed E-state index contributed by atoms with van der Waals surface area (Å²) < 4.78 is 0. The van der Waals surface area contributed by atoms with Gasteiger partial charge in [-0.2, -0.15) is 0 Å². The number of nitrogens with zero attached hydrogens (tertiary/aromatic N) is 1. The number of carbonyl (C=O) groups is 1. The second kappa shape index (κ2) is 6.25. The van der Waals surface area contributed by atoms with Crippen LogP contribution < -0.4 is 0 Å². The van der Waals surface area contributed by atoms with E-state index < -0.39 is 22.7 Å². The van der Waals surface area contributed by atoms with Crippen molar-refractivity contribution in [2.45, 2.75) is 59.8 Å². The molecule has 0 amide bonds. The van der Waals surface area contributed by atoms with Crippen LogP contribution in [0.1, 0.15) is 59.8 Å². The molecule has 2 rings (SSSR count). The van der Waals surface area contributed by atoms with E-state index in [0.29, 0.717) is 12.3 Å². The van der Waals surface area contributed by atoms with Gasteiger partial charge >= 0.3 is 5.97 Å². The van der Waals surface area contributed by atoms with Gasteiger partial charge in [0.05, 0.1) is 11.3 Å². The molecule has 0 radical (unpaired) electrons. The number of carboxylic acid groups (broad SMARTS) is 1. The molecule has 1 saturated carbocycles. The summed E-state index contributed by atoms with van der Waals surface area (Å²) in [6.07, 6.45) is 7.17. The highest BCUT2D eigenvalue weighted by Crippen LogP contribution is 2.64. The van der Waals surface area contributed by atoms with Gasteiger partial charge in [0.2, 0.25) is 6.54 Å². The zero-order chi connectivity index (χ0) is 17.4. The second-order valence-corrected chi connectivity index (χ2v) is 8.48. The van der Waals surface area contributed by atoms with Crippen molar-refractivity contribution >= 4 is 5.97 Å². The minimum Gasteiger partial charge on any atom is -0.481 e. The van der Waals surface area contributed by atoms with Crippen LogP contribution in [0.4, 0.5) is 0 Å². The Kier molecular flexibility index (Phi) is 4.88. The number of hydrogen-bond acceptors (Lipinski definition) is 3. The lowest BCUT2D eigenvalue weighted by Gasteiger charge is -2.55. The van der Waals surface area contributed by atoms with Gasteiger partial charge in [-0.3, -0.25) is 14.9 Å². The third-order valence-electron chi connectivity index (χ3n) is 5.72. The molecule has 0 aromatic carbocycles. The third kappa shape index (κ3) is 3.29. The molecule has 0 aromatic rings. The summed E-state index contributed by atoms with van der Waals surface area (Å²) in [6.45, 7) is 7.58. The van der Waals surface area contributed by atoms with Gasteiger partial charge in [-0.25, -0.2) is 0 Å². The van der Waals surface area contributed by atoms with E-state index in [0.717, 1.165) is 25.7 Å². The van der Waals surface area contributed by atoms with Crippen LogP contribution in [0, 0.1) is 38.7 Å². The molecule has 23 heavy (non-hydrogen) atoms. The Morgan fingerprint density at radius 2 is 2.17 bits per heavy atom. The summed E-state index contributed by atoms with van der Waals surface area (Å²) in [4.78, 5) is 23.0. The van der Waals surface area contributed by atoms with Crippen molar-refractivity contribution in [3.63, 3.8) is 0 Å². The van der Waals surface area contributed by atoms with Crippen molar-refractivity contribution in [3.8, 4) is 0 Å². The smallest absolute Gasteiger partial charge is 0.307 e. The van der Waals surface area contributed by atoms with E-state index in [-0.39, 0.29) is 17.4 Å². The highest BCUT2D eigenvalue weighted by Gasteiger charge is 2.65. The average Bonchev–Trinajstić information content (AvgIpc) is 2.71. The molecule has 1 unspecified atom stereocenters. The Hall–Kier alpha value is -1.39. The lowest BCUT2D eigenvalue weighted by molar-refractivity contribution is -0.510. The van der Waals surface area contributed by atoms with E-state index in [4.69, 9.17) is 0 Å². The van der Waals surface area contributed by atoms with Crippen molar-refractivity contribution in [1.29, 1.82) is 0 Å². The quantitative estimate of drug-likeness (QED) is 0.433. The molecule has 4 atom stereocenters. The van der Waals surface area contributed by atoms with Gasteiger partial charge in [-0.15, -0.1) is 0 Å². The van der Waals surface area contributed by atoms with Crippen molar-refractivity contribution < 1.29 is 14.8 Å². The van der Waals surface area contributed by atoms with Crippen LogP contribution in [0.2, 0.25) is 0 Å². The highest BCUT2D eigenvalue weighted by atomic mass is 16.6. The van der Waals surface area contributed by atoms with Crippen LogP contribution in [-0.2, 0) is 4.79 Å². The zero-order valence-corrected chi connectivity index (χ0v) is 14.7. The maximum Gasteiger partial charge on any atom is 0.307 e. The third-order valence-corrected chi connectivity index (χ3v) is 5.72. The van der Waals surface area contributed by atoms with Gasteiger partial charge < -0.3 is 5.11 Å². The topological polar surface area (TPSA) is 80.4 Å². The summed E-state index contributed by atoms with van der Waals surface area (Å²) in [5.41, 5.74) is 0.157. The lowest BCUT2D eigenvalue weighted by Crippen LogP contribution is -2.59. The first-order chi connectivity index (χ1) is 10.6. The van der Waals surface area contributed by atoms with E-state index in [1.165, 1.54) is 5.57 Å². The molecule has 0 aromatic heterocycles. The number of rotatable bonds is 7. The molecule has 2 aliphatic rings. The minimum absolute atomic E-state index is 0.0556. The van der Waals surface area contributed by atoms with Crippen LogP contribution in [0.25, 0.3) is 0 Å². The molecule has 5 heteroatoms. The van der Waals surface area contributed by atoms with Gasteiger partial charge in [-0.1, -0.05) is 45.8 Å². The molecule has 5 nitrogen and oxygen atoms in total. The zero-order valence-electron chi connectivity index (χ0n) is 14.7. The molecule has 1 fully saturated rings. The van der Waals surface area contributed by atoms with Crippen molar-refractivity contribution in [3.05, 3.63) is 21.8 Å². The minimum atomic E-state index is -0.895. The molecule has 0 heterocycles. The fourth-order valence-corrected chi connectivity index (χ4v) is 5.10. The van der Waals surface area contributed by atoms with E-state index in [1.807, 2.05) is 20.8 Å². The van der Waals surface area contributed by atoms with Crippen LogP contribution >= 0.6 is 0 Å². The van der Waals surface area contributed by atoms with E-state index in [1.54, 1.807) is 0 Å². The normalized spacial score (nSPS) is 31.0. The number of aliphatic carboxylic acids is 1. The Bertz CT molecular complexity index is 520. The fourth-order valence-electron chi connectivity index (χ4n) is 5.10. The predicted molar refractivity (Wildman–Crippen MR) is 88.7 cm³/mol. The largest absolute Gasteiger partial charge is 0.481 e. The van der Waals surface area contributed by atoms with Gasteiger partial charge in [0, 0.05) is 4.92 Å². The molecule has 0 saturated heterocycles. The molecular formula is C18H29NO4. The Morgan fingerprint density at radius 3 is 2.65 bits per heavy atom. The monoisotopic (exact) mass is 323 g/mol. The van der Waals surface area contributed by atoms with Crippen LogP contribution in [-0.4, -0.2) is 22.5 Å². The number of nitro groups is 1. The van der Waals surface area contributed by atoms with Crippen LogP contribution in [0.3, 0.4) is 0 Å². The maximum absolute atomic E-state index is 12.0. The van der Waals surface area contributed by atoms with Gasteiger partial charge in [0.1, 0.15) is 0 Å². The first kappa shape index (κ1) is 18.0. The molecule has 0 spiro atoms. The number of allylic oxidation sites excluding steroid dienone is 2. The van der Waals surface area contributed by atoms with Crippen molar-refractivity contribution in [2.24, 2.45) is 28.6 Å².